The van der Waals surface area contributed by atoms with Crippen LogP contribution in [0.4, 0.5) is 0 Å². The Hall–Kier alpha value is -1.78. The first-order valence-electron chi connectivity index (χ1n) is 5.71. The summed E-state index contributed by atoms with van der Waals surface area (Å²) >= 11 is 0. The van der Waals surface area contributed by atoms with Crippen molar-refractivity contribution in [2.24, 2.45) is 0 Å². The van der Waals surface area contributed by atoms with Crippen LogP contribution in [0.5, 0.6) is 0 Å². The summed E-state index contributed by atoms with van der Waals surface area (Å²) in [4.78, 5) is 22.9. The zero-order chi connectivity index (χ0) is 12.5. The molecule has 92 valence electrons. The third-order valence-corrected chi connectivity index (χ3v) is 2.98. The van der Waals surface area contributed by atoms with Crippen molar-refractivity contribution < 1.29 is 19.1 Å². The van der Waals surface area contributed by atoms with Gasteiger partial charge >= 0.3 is 5.97 Å². The average Bonchev–Trinajstić information content (AvgIpc) is 2.90. The van der Waals surface area contributed by atoms with E-state index >= 15 is 0 Å². The van der Waals surface area contributed by atoms with Gasteiger partial charge in [-0.15, -0.1) is 0 Å². The SMILES string of the molecule is CCCc1occc1C(=O)NC1(C(=O)O)CC1. The number of amides is 1. The van der Waals surface area contributed by atoms with E-state index in [9.17, 15) is 9.59 Å². The Labute approximate surface area is 98.8 Å². The maximum Gasteiger partial charge on any atom is 0.329 e. The number of carboxylic acid groups (broad SMARTS) is 1. The number of furan rings is 1. The van der Waals surface area contributed by atoms with Crippen LogP contribution >= 0.6 is 0 Å². The van der Waals surface area contributed by atoms with E-state index in [4.69, 9.17) is 9.52 Å². The summed E-state index contributed by atoms with van der Waals surface area (Å²) in [5.74, 6) is -0.709. The molecule has 1 aromatic rings. The van der Waals surface area contributed by atoms with Gasteiger partial charge in [0.2, 0.25) is 0 Å². The molecule has 0 aromatic carbocycles. The Morgan fingerprint density at radius 3 is 2.76 bits per heavy atom. The van der Waals surface area contributed by atoms with E-state index in [0.717, 1.165) is 6.42 Å². The van der Waals surface area contributed by atoms with Crippen molar-refractivity contribution in [3.05, 3.63) is 23.7 Å². The molecule has 1 aliphatic rings. The molecule has 0 radical (unpaired) electrons. The molecule has 0 unspecified atom stereocenters. The van der Waals surface area contributed by atoms with Crippen LogP contribution in [-0.2, 0) is 11.2 Å². The Morgan fingerprint density at radius 2 is 2.24 bits per heavy atom. The molecular formula is C12H15NO4. The van der Waals surface area contributed by atoms with Crippen LogP contribution in [0.3, 0.4) is 0 Å². The summed E-state index contributed by atoms with van der Waals surface area (Å²) in [6.07, 6.45) is 4.00. The molecule has 1 saturated carbocycles. The molecule has 17 heavy (non-hydrogen) atoms. The second kappa shape index (κ2) is 4.24. The van der Waals surface area contributed by atoms with Crippen molar-refractivity contribution in [2.45, 2.75) is 38.1 Å². The summed E-state index contributed by atoms with van der Waals surface area (Å²) < 4.78 is 5.21. The minimum atomic E-state index is -1.04. The molecule has 1 aliphatic carbocycles. The summed E-state index contributed by atoms with van der Waals surface area (Å²) in [6, 6.07) is 1.58. The van der Waals surface area contributed by atoms with Gasteiger partial charge in [-0.1, -0.05) is 6.92 Å². The molecular weight excluding hydrogens is 222 g/mol. The van der Waals surface area contributed by atoms with E-state index < -0.39 is 11.5 Å². The number of carboxylic acids is 1. The monoisotopic (exact) mass is 237 g/mol. The standard InChI is InChI=1S/C12H15NO4/c1-2-3-9-8(4-7-17-9)10(14)13-12(5-6-12)11(15)16/h4,7H,2-3,5-6H2,1H3,(H,13,14)(H,15,16). The molecule has 0 bridgehead atoms. The van der Waals surface area contributed by atoms with Crippen molar-refractivity contribution in [1.29, 1.82) is 0 Å². The van der Waals surface area contributed by atoms with Crippen molar-refractivity contribution in [3.8, 4) is 0 Å². The normalized spacial score (nSPS) is 16.5. The summed E-state index contributed by atoms with van der Waals surface area (Å²) in [5, 5.41) is 11.6. The topological polar surface area (TPSA) is 79.5 Å². The van der Waals surface area contributed by atoms with E-state index in [-0.39, 0.29) is 5.91 Å². The summed E-state index contributed by atoms with van der Waals surface area (Å²) in [6.45, 7) is 1.99. The van der Waals surface area contributed by atoms with Gasteiger partial charge < -0.3 is 14.8 Å². The predicted octanol–water partition coefficient (Wildman–Crippen LogP) is 1.58. The van der Waals surface area contributed by atoms with Crippen molar-refractivity contribution in [2.75, 3.05) is 0 Å². The zero-order valence-electron chi connectivity index (χ0n) is 9.66. The average molecular weight is 237 g/mol. The van der Waals surface area contributed by atoms with Crippen LogP contribution < -0.4 is 5.32 Å². The summed E-state index contributed by atoms with van der Waals surface area (Å²) in [5.41, 5.74) is -0.600. The molecule has 1 fully saturated rings. The Balaban J connectivity index is 2.10. The quantitative estimate of drug-likeness (QED) is 0.814. The number of hydrogen-bond acceptors (Lipinski definition) is 3. The lowest BCUT2D eigenvalue weighted by atomic mass is 10.1. The molecule has 5 nitrogen and oxygen atoms in total. The first kappa shape index (κ1) is 11.7. The molecule has 0 atom stereocenters. The van der Waals surface area contributed by atoms with E-state index in [1.165, 1.54) is 6.26 Å². The Morgan fingerprint density at radius 1 is 1.53 bits per heavy atom. The largest absolute Gasteiger partial charge is 0.480 e. The van der Waals surface area contributed by atoms with E-state index in [1.807, 2.05) is 6.92 Å². The van der Waals surface area contributed by atoms with E-state index in [2.05, 4.69) is 5.32 Å². The first-order valence-corrected chi connectivity index (χ1v) is 5.71. The van der Waals surface area contributed by atoms with Gasteiger partial charge in [0.15, 0.2) is 0 Å². The Kier molecular flexibility index (Phi) is 2.92. The highest BCUT2D eigenvalue weighted by molar-refractivity contribution is 5.99. The molecule has 5 heteroatoms. The highest BCUT2D eigenvalue weighted by Crippen LogP contribution is 2.36. The molecule has 0 aliphatic heterocycles. The molecule has 1 amide bonds. The maximum atomic E-state index is 11.9. The minimum absolute atomic E-state index is 0.359. The second-order valence-electron chi connectivity index (χ2n) is 4.35. The van der Waals surface area contributed by atoms with Crippen LogP contribution in [0.1, 0.15) is 42.3 Å². The van der Waals surface area contributed by atoms with Crippen LogP contribution in [-0.4, -0.2) is 22.5 Å². The smallest absolute Gasteiger partial charge is 0.329 e. The van der Waals surface area contributed by atoms with Gasteiger partial charge in [-0.2, -0.15) is 0 Å². The predicted molar refractivity (Wildman–Crippen MR) is 59.8 cm³/mol. The van der Waals surface area contributed by atoms with Gasteiger partial charge in [0.25, 0.3) is 5.91 Å². The fourth-order valence-electron chi connectivity index (χ4n) is 1.77. The minimum Gasteiger partial charge on any atom is -0.480 e. The number of carbonyl (C=O) groups excluding carboxylic acids is 1. The fourth-order valence-corrected chi connectivity index (χ4v) is 1.77. The molecule has 0 spiro atoms. The van der Waals surface area contributed by atoms with Gasteiger partial charge in [0.05, 0.1) is 11.8 Å². The molecule has 2 N–H and O–H groups in total. The van der Waals surface area contributed by atoms with E-state index in [0.29, 0.717) is 30.6 Å². The third kappa shape index (κ3) is 2.18. The van der Waals surface area contributed by atoms with Gasteiger partial charge in [-0.3, -0.25) is 4.79 Å². The van der Waals surface area contributed by atoms with Crippen LogP contribution in [0, 0.1) is 0 Å². The van der Waals surface area contributed by atoms with Gasteiger partial charge in [-0.05, 0) is 25.3 Å². The lowest BCUT2D eigenvalue weighted by Gasteiger charge is -2.11. The molecule has 0 saturated heterocycles. The number of hydrogen-bond donors (Lipinski definition) is 2. The second-order valence-corrected chi connectivity index (χ2v) is 4.35. The maximum absolute atomic E-state index is 11.9. The van der Waals surface area contributed by atoms with E-state index in [1.54, 1.807) is 6.07 Å². The third-order valence-electron chi connectivity index (χ3n) is 2.98. The number of carbonyl (C=O) groups is 2. The number of nitrogens with one attached hydrogen (secondary N) is 1. The highest BCUT2D eigenvalue weighted by atomic mass is 16.4. The van der Waals surface area contributed by atoms with Crippen LogP contribution in [0.15, 0.2) is 16.7 Å². The lowest BCUT2D eigenvalue weighted by Crippen LogP contribution is -2.43. The van der Waals surface area contributed by atoms with Gasteiger partial charge in [-0.25, -0.2) is 4.79 Å². The fraction of sp³-hybridized carbons (Fsp3) is 0.500. The van der Waals surface area contributed by atoms with Crippen molar-refractivity contribution >= 4 is 11.9 Å². The molecule has 2 rings (SSSR count). The Bertz CT molecular complexity index is 445. The summed E-state index contributed by atoms with van der Waals surface area (Å²) in [7, 11) is 0. The number of aryl methyl sites for hydroxylation is 1. The van der Waals surface area contributed by atoms with Gasteiger partial charge in [0, 0.05) is 6.42 Å². The van der Waals surface area contributed by atoms with Crippen molar-refractivity contribution in [1.82, 2.24) is 5.32 Å². The highest BCUT2D eigenvalue weighted by Gasteiger charge is 2.51. The molecule has 1 heterocycles. The number of rotatable bonds is 5. The first-order chi connectivity index (χ1) is 8.09. The van der Waals surface area contributed by atoms with Gasteiger partial charge in [0.1, 0.15) is 11.3 Å². The lowest BCUT2D eigenvalue weighted by molar-refractivity contribution is -0.140. The number of aliphatic carboxylic acids is 1. The van der Waals surface area contributed by atoms with Crippen LogP contribution in [0.25, 0.3) is 0 Å². The van der Waals surface area contributed by atoms with Crippen molar-refractivity contribution in [3.63, 3.8) is 0 Å². The van der Waals surface area contributed by atoms with Crippen LogP contribution in [0.2, 0.25) is 0 Å². The zero-order valence-corrected chi connectivity index (χ0v) is 9.66. The molecule has 1 aromatic heterocycles.